The number of amides is 1. The van der Waals surface area contributed by atoms with Crippen molar-refractivity contribution in [2.24, 2.45) is 5.41 Å². The Labute approximate surface area is 177 Å². The van der Waals surface area contributed by atoms with Gasteiger partial charge in [0.25, 0.3) is 0 Å². The highest BCUT2D eigenvalue weighted by atomic mass is 32.2. The number of hydrogen-bond acceptors (Lipinski definition) is 6. The van der Waals surface area contributed by atoms with E-state index >= 15 is 0 Å². The third-order valence-electron chi connectivity index (χ3n) is 5.13. The molecule has 1 saturated heterocycles. The standard InChI is InChI=1S/C20H25N3O5S2/c1-15-13-17(23-19(24)20(2,3)14-29(23,25)26)5-6-18(15)30(27,28)22(4)12-9-16-7-10-21-11-8-16/h5-8,10-11,13H,9,12,14H2,1-4H3. The second-order valence-electron chi connectivity index (χ2n) is 8.09. The Hall–Kier alpha value is -2.30. The fourth-order valence-electron chi connectivity index (χ4n) is 3.43. The van der Waals surface area contributed by atoms with E-state index in [2.05, 4.69) is 4.98 Å². The van der Waals surface area contributed by atoms with Crippen LogP contribution < -0.4 is 4.31 Å². The number of rotatable bonds is 6. The van der Waals surface area contributed by atoms with Crippen LogP contribution in [0, 0.1) is 12.3 Å². The lowest BCUT2D eigenvalue weighted by atomic mass is 9.95. The first-order valence-electron chi connectivity index (χ1n) is 9.39. The summed E-state index contributed by atoms with van der Waals surface area (Å²) in [7, 11) is -6.08. The molecule has 1 aliphatic rings. The summed E-state index contributed by atoms with van der Waals surface area (Å²) in [6.07, 6.45) is 3.84. The largest absolute Gasteiger partial charge is 0.273 e. The molecule has 0 bridgehead atoms. The molecule has 10 heteroatoms. The van der Waals surface area contributed by atoms with E-state index in [1.165, 1.54) is 29.6 Å². The molecule has 1 aromatic heterocycles. The summed E-state index contributed by atoms with van der Waals surface area (Å²) in [6.45, 7) is 5.03. The van der Waals surface area contributed by atoms with Crippen LogP contribution in [0.5, 0.6) is 0 Å². The number of hydrogen-bond donors (Lipinski definition) is 0. The van der Waals surface area contributed by atoms with Gasteiger partial charge in [0.05, 0.1) is 21.8 Å². The molecule has 2 heterocycles. The second-order valence-corrected chi connectivity index (χ2v) is 11.9. The first-order chi connectivity index (χ1) is 13.9. The number of carbonyl (C=O) groups is 1. The van der Waals surface area contributed by atoms with Crippen molar-refractivity contribution >= 4 is 31.6 Å². The van der Waals surface area contributed by atoms with Gasteiger partial charge in [-0.1, -0.05) is 0 Å². The lowest BCUT2D eigenvalue weighted by molar-refractivity contribution is -0.123. The maximum atomic E-state index is 13.0. The predicted octanol–water partition coefficient (Wildman–Crippen LogP) is 1.96. The van der Waals surface area contributed by atoms with Gasteiger partial charge in [0.2, 0.25) is 26.0 Å². The minimum absolute atomic E-state index is 0.0757. The Morgan fingerprint density at radius 1 is 1.17 bits per heavy atom. The third kappa shape index (κ3) is 4.12. The van der Waals surface area contributed by atoms with Crippen molar-refractivity contribution in [2.45, 2.75) is 32.1 Å². The van der Waals surface area contributed by atoms with Crippen LogP contribution in [0.3, 0.4) is 0 Å². The molecule has 0 spiro atoms. The molecule has 30 heavy (non-hydrogen) atoms. The molecular formula is C20H25N3O5S2. The van der Waals surface area contributed by atoms with Crippen LogP contribution in [0.1, 0.15) is 25.0 Å². The highest BCUT2D eigenvalue weighted by molar-refractivity contribution is 7.94. The van der Waals surface area contributed by atoms with Crippen molar-refractivity contribution < 1.29 is 21.6 Å². The van der Waals surface area contributed by atoms with Crippen LogP contribution in [0.2, 0.25) is 0 Å². The van der Waals surface area contributed by atoms with Crippen molar-refractivity contribution in [3.63, 3.8) is 0 Å². The summed E-state index contributed by atoms with van der Waals surface area (Å²) >= 11 is 0. The molecule has 0 saturated carbocycles. The number of nitrogens with zero attached hydrogens (tertiary/aromatic N) is 3. The van der Waals surface area contributed by atoms with Crippen molar-refractivity contribution in [2.75, 3.05) is 23.7 Å². The summed E-state index contributed by atoms with van der Waals surface area (Å²) in [4.78, 5) is 16.6. The van der Waals surface area contributed by atoms with Crippen LogP contribution in [-0.2, 0) is 31.3 Å². The molecule has 0 unspecified atom stereocenters. The molecule has 2 aromatic rings. The first kappa shape index (κ1) is 22.4. The molecule has 0 atom stereocenters. The van der Waals surface area contributed by atoms with E-state index in [4.69, 9.17) is 0 Å². The lowest BCUT2D eigenvalue weighted by Crippen LogP contribution is -2.33. The van der Waals surface area contributed by atoms with Crippen molar-refractivity contribution in [1.82, 2.24) is 9.29 Å². The van der Waals surface area contributed by atoms with E-state index in [1.807, 2.05) is 12.1 Å². The summed E-state index contributed by atoms with van der Waals surface area (Å²) in [5.41, 5.74) is 0.474. The number of anilines is 1. The van der Waals surface area contributed by atoms with Gasteiger partial charge in [0.1, 0.15) is 0 Å². The minimum atomic E-state index is -3.80. The molecule has 8 nitrogen and oxygen atoms in total. The van der Waals surface area contributed by atoms with Crippen LogP contribution >= 0.6 is 0 Å². The van der Waals surface area contributed by atoms with Gasteiger partial charge in [0, 0.05) is 26.0 Å². The van der Waals surface area contributed by atoms with Crippen LogP contribution in [-0.4, -0.2) is 51.4 Å². The molecule has 0 aliphatic carbocycles. The Morgan fingerprint density at radius 2 is 1.80 bits per heavy atom. The van der Waals surface area contributed by atoms with Gasteiger partial charge in [-0.05, 0) is 68.7 Å². The quantitative estimate of drug-likeness (QED) is 0.665. The molecule has 1 fully saturated rings. The van der Waals surface area contributed by atoms with E-state index in [9.17, 15) is 21.6 Å². The summed E-state index contributed by atoms with van der Waals surface area (Å²) in [6, 6.07) is 7.82. The number of aryl methyl sites for hydroxylation is 1. The number of likely N-dealkylation sites (N-methyl/N-ethyl adjacent to an activating group) is 1. The Morgan fingerprint density at radius 3 is 2.33 bits per heavy atom. The van der Waals surface area contributed by atoms with Crippen LogP contribution in [0.4, 0.5) is 5.69 Å². The number of aromatic nitrogens is 1. The lowest BCUT2D eigenvalue weighted by Gasteiger charge is -2.21. The Balaban J connectivity index is 1.86. The van der Waals surface area contributed by atoms with E-state index in [0.717, 1.165) is 9.87 Å². The molecule has 162 valence electrons. The topological polar surface area (TPSA) is 105 Å². The van der Waals surface area contributed by atoms with Crippen molar-refractivity contribution in [3.8, 4) is 0 Å². The van der Waals surface area contributed by atoms with Gasteiger partial charge >= 0.3 is 0 Å². The molecular weight excluding hydrogens is 426 g/mol. The van der Waals surface area contributed by atoms with Gasteiger partial charge in [-0.2, -0.15) is 0 Å². The fraction of sp³-hybridized carbons (Fsp3) is 0.400. The zero-order valence-corrected chi connectivity index (χ0v) is 19.0. The van der Waals surface area contributed by atoms with Gasteiger partial charge in [-0.25, -0.2) is 25.4 Å². The minimum Gasteiger partial charge on any atom is -0.273 e. The average molecular weight is 452 g/mol. The van der Waals surface area contributed by atoms with Gasteiger partial charge < -0.3 is 0 Å². The van der Waals surface area contributed by atoms with E-state index in [-0.39, 0.29) is 22.9 Å². The van der Waals surface area contributed by atoms with Gasteiger partial charge in [-0.15, -0.1) is 0 Å². The number of benzene rings is 1. The van der Waals surface area contributed by atoms with E-state index in [1.54, 1.807) is 33.2 Å². The normalized spacial score (nSPS) is 18.2. The summed E-state index contributed by atoms with van der Waals surface area (Å²) in [5.74, 6) is -0.803. The predicted molar refractivity (Wildman–Crippen MR) is 114 cm³/mol. The summed E-state index contributed by atoms with van der Waals surface area (Å²) < 4.78 is 53.0. The molecule has 1 aromatic carbocycles. The molecule has 1 aliphatic heterocycles. The highest BCUT2D eigenvalue weighted by Gasteiger charge is 2.50. The second kappa shape index (κ2) is 7.75. The van der Waals surface area contributed by atoms with Crippen LogP contribution in [0.25, 0.3) is 0 Å². The third-order valence-corrected chi connectivity index (χ3v) is 9.17. The zero-order chi connectivity index (χ0) is 22.3. The Bertz CT molecular complexity index is 1180. The zero-order valence-electron chi connectivity index (χ0n) is 17.4. The number of carbonyl (C=O) groups excluding carboxylic acids is 1. The smallest absolute Gasteiger partial charge is 0.247 e. The molecule has 1 amide bonds. The summed E-state index contributed by atoms with van der Waals surface area (Å²) in [5, 5.41) is 0. The molecule has 0 radical (unpaired) electrons. The molecule has 3 rings (SSSR count). The van der Waals surface area contributed by atoms with Gasteiger partial charge in [0.15, 0.2) is 0 Å². The average Bonchev–Trinajstić information content (AvgIpc) is 2.82. The molecule has 0 N–H and O–H groups in total. The first-order valence-corrected chi connectivity index (χ1v) is 12.4. The van der Waals surface area contributed by atoms with Crippen molar-refractivity contribution in [1.29, 1.82) is 0 Å². The number of pyridine rings is 1. The Kier molecular flexibility index (Phi) is 5.78. The van der Waals surface area contributed by atoms with Gasteiger partial charge in [-0.3, -0.25) is 9.78 Å². The maximum Gasteiger partial charge on any atom is 0.247 e. The number of sulfonamides is 2. The highest BCUT2D eigenvalue weighted by Crippen LogP contribution is 2.36. The van der Waals surface area contributed by atoms with E-state index < -0.39 is 31.4 Å². The van der Waals surface area contributed by atoms with Crippen molar-refractivity contribution in [3.05, 3.63) is 53.9 Å². The SMILES string of the molecule is Cc1cc(N2C(=O)C(C)(C)CS2(=O)=O)ccc1S(=O)(=O)N(C)CCc1ccncc1. The fourth-order valence-corrected chi connectivity index (χ4v) is 6.91. The monoisotopic (exact) mass is 451 g/mol. The van der Waals surface area contributed by atoms with E-state index in [0.29, 0.717) is 12.0 Å². The maximum absolute atomic E-state index is 13.0. The van der Waals surface area contributed by atoms with Crippen LogP contribution in [0.15, 0.2) is 47.6 Å².